The van der Waals surface area contributed by atoms with Gasteiger partial charge in [-0.05, 0) is 11.6 Å². The molecule has 0 aromatic heterocycles. The third kappa shape index (κ3) is 1.60. The van der Waals surface area contributed by atoms with Gasteiger partial charge in [0, 0.05) is 5.75 Å². The fourth-order valence-corrected chi connectivity index (χ4v) is 1.37. The molecule has 0 aliphatic heterocycles. The van der Waals surface area contributed by atoms with Gasteiger partial charge in [0.05, 0.1) is 10.0 Å². The molecule has 0 unspecified atom stereocenters. The molecule has 53 valence electrons. The predicted molar refractivity (Wildman–Crippen MR) is 47.8 cm³/mol. The van der Waals surface area contributed by atoms with Crippen LogP contribution in [0.2, 0.25) is 10.0 Å². The third-order valence-electron chi connectivity index (χ3n) is 1.19. The molecule has 1 aromatic carbocycles. The van der Waals surface area contributed by atoms with Crippen LogP contribution in [-0.4, -0.2) is 0 Å². The van der Waals surface area contributed by atoms with Gasteiger partial charge in [0.1, 0.15) is 0 Å². The number of hydrogen-bond donors (Lipinski definition) is 0. The molecule has 0 N–H and O–H groups in total. The SMILES string of the molecule is [S]Cc1cccc(Cl)c1Cl. The van der Waals surface area contributed by atoms with Gasteiger partial charge >= 0.3 is 0 Å². The molecule has 0 nitrogen and oxygen atoms in total. The molecular formula is C7H5Cl2S. The molecule has 1 aromatic rings. The van der Waals surface area contributed by atoms with Crippen molar-refractivity contribution in [3.05, 3.63) is 33.8 Å². The molecule has 0 aliphatic rings. The van der Waals surface area contributed by atoms with E-state index in [-0.39, 0.29) is 0 Å². The van der Waals surface area contributed by atoms with Crippen molar-refractivity contribution in [2.75, 3.05) is 0 Å². The summed E-state index contributed by atoms with van der Waals surface area (Å²) in [4.78, 5) is 0. The maximum absolute atomic E-state index is 5.79. The van der Waals surface area contributed by atoms with Gasteiger partial charge in [0.25, 0.3) is 0 Å². The standard InChI is InChI=1S/C7H5Cl2S/c8-6-3-1-2-5(4-10)7(6)9/h1-3H,4H2. The van der Waals surface area contributed by atoms with Gasteiger partial charge in [-0.25, -0.2) is 0 Å². The van der Waals surface area contributed by atoms with Crippen LogP contribution in [-0.2, 0) is 5.75 Å². The van der Waals surface area contributed by atoms with Crippen LogP contribution >= 0.6 is 35.8 Å². The van der Waals surface area contributed by atoms with E-state index in [2.05, 4.69) is 0 Å². The quantitative estimate of drug-likeness (QED) is 0.636. The van der Waals surface area contributed by atoms with Gasteiger partial charge in [-0.3, -0.25) is 0 Å². The lowest BCUT2D eigenvalue weighted by Gasteiger charge is -1.99. The number of rotatable bonds is 1. The van der Waals surface area contributed by atoms with Crippen LogP contribution in [0, 0.1) is 0 Å². The molecule has 0 saturated heterocycles. The Bertz CT molecular complexity index is 235. The minimum atomic E-state index is 0.513. The van der Waals surface area contributed by atoms with Crippen molar-refractivity contribution in [1.82, 2.24) is 0 Å². The summed E-state index contributed by atoms with van der Waals surface area (Å²) < 4.78 is 0. The Balaban J connectivity index is 3.14. The molecule has 0 amide bonds. The molecule has 0 atom stereocenters. The Labute approximate surface area is 75.6 Å². The highest BCUT2D eigenvalue weighted by atomic mass is 35.5. The van der Waals surface area contributed by atoms with E-state index in [1.54, 1.807) is 6.07 Å². The summed E-state index contributed by atoms with van der Waals surface area (Å²) in [6.07, 6.45) is 0. The largest absolute Gasteiger partial charge is 0.0889 e. The summed E-state index contributed by atoms with van der Waals surface area (Å²) >= 11 is 16.3. The summed E-state index contributed by atoms with van der Waals surface area (Å²) in [5, 5.41) is 1.16. The lowest BCUT2D eigenvalue weighted by atomic mass is 10.2. The maximum atomic E-state index is 5.79. The Morgan fingerprint density at radius 3 is 2.50 bits per heavy atom. The molecule has 1 rings (SSSR count). The second-order valence-electron chi connectivity index (χ2n) is 1.86. The molecule has 0 heterocycles. The molecule has 0 spiro atoms. The van der Waals surface area contributed by atoms with Crippen LogP contribution in [0.25, 0.3) is 0 Å². The molecule has 0 bridgehead atoms. The molecule has 3 heteroatoms. The summed E-state index contributed by atoms with van der Waals surface area (Å²) in [6, 6.07) is 5.47. The second-order valence-corrected chi connectivity index (χ2v) is 2.93. The minimum absolute atomic E-state index is 0.513. The van der Waals surface area contributed by atoms with Crippen LogP contribution in [0.3, 0.4) is 0 Å². The van der Waals surface area contributed by atoms with Crippen LogP contribution < -0.4 is 0 Å². The fourth-order valence-electron chi connectivity index (χ4n) is 0.660. The zero-order valence-electron chi connectivity index (χ0n) is 5.10. The first-order valence-electron chi connectivity index (χ1n) is 2.76. The molecule has 0 fully saturated rings. The summed E-state index contributed by atoms with van der Waals surface area (Å²) in [6.45, 7) is 0. The van der Waals surface area contributed by atoms with Crippen molar-refractivity contribution >= 4 is 35.8 Å². The predicted octanol–water partition coefficient (Wildman–Crippen LogP) is 3.69. The average Bonchev–Trinajstić information content (AvgIpc) is 1.95. The third-order valence-corrected chi connectivity index (χ3v) is 2.36. The highest BCUT2D eigenvalue weighted by Crippen LogP contribution is 2.26. The molecule has 10 heavy (non-hydrogen) atoms. The average molecular weight is 192 g/mol. The van der Waals surface area contributed by atoms with Crippen molar-refractivity contribution in [2.24, 2.45) is 0 Å². The van der Waals surface area contributed by atoms with E-state index < -0.39 is 0 Å². The Kier molecular flexibility index (Phi) is 2.90. The van der Waals surface area contributed by atoms with Gasteiger partial charge in [0.15, 0.2) is 0 Å². The first-order chi connectivity index (χ1) is 4.75. The van der Waals surface area contributed by atoms with Gasteiger partial charge in [0.2, 0.25) is 0 Å². The van der Waals surface area contributed by atoms with E-state index in [1.165, 1.54) is 0 Å². The Morgan fingerprint density at radius 1 is 1.30 bits per heavy atom. The van der Waals surface area contributed by atoms with Crippen LogP contribution in [0.15, 0.2) is 18.2 Å². The fraction of sp³-hybridized carbons (Fsp3) is 0.143. The highest BCUT2D eigenvalue weighted by Gasteiger charge is 2.00. The van der Waals surface area contributed by atoms with E-state index in [9.17, 15) is 0 Å². The van der Waals surface area contributed by atoms with Crippen LogP contribution in [0.1, 0.15) is 5.56 Å². The van der Waals surface area contributed by atoms with E-state index in [0.717, 1.165) is 5.56 Å². The van der Waals surface area contributed by atoms with E-state index in [0.29, 0.717) is 15.8 Å². The van der Waals surface area contributed by atoms with Gasteiger partial charge < -0.3 is 0 Å². The lowest BCUT2D eigenvalue weighted by molar-refractivity contribution is 1.43. The molecule has 1 radical (unpaired) electrons. The van der Waals surface area contributed by atoms with Crippen LogP contribution in [0.5, 0.6) is 0 Å². The minimum Gasteiger partial charge on any atom is -0.0889 e. The van der Waals surface area contributed by atoms with Gasteiger partial charge in [-0.1, -0.05) is 48.0 Å². The van der Waals surface area contributed by atoms with E-state index in [1.807, 2.05) is 12.1 Å². The topological polar surface area (TPSA) is 0 Å². The zero-order chi connectivity index (χ0) is 7.56. The smallest absolute Gasteiger partial charge is 0.0632 e. The summed E-state index contributed by atoms with van der Waals surface area (Å²) in [5.41, 5.74) is 0.921. The number of benzene rings is 1. The first kappa shape index (κ1) is 8.25. The van der Waals surface area contributed by atoms with E-state index >= 15 is 0 Å². The monoisotopic (exact) mass is 191 g/mol. The first-order valence-corrected chi connectivity index (χ1v) is 4.10. The highest BCUT2D eigenvalue weighted by molar-refractivity contribution is 7.79. The summed E-state index contributed by atoms with van der Waals surface area (Å²) in [7, 11) is 0. The second kappa shape index (κ2) is 3.51. The van der Waals surface area contributed by atoms with Crippen molar-refractivity contribution in [1.29, 1.82) is 0 Å². The van der Waals surface area contributed by atoms with Crippen molar-refractivity contribution in [3.8, 4) is 0 Å². The summed E-state index contributed by atoms with van der Waals surface area (Å²) in [5.74, 6) is 0.513. The zero-order valence-corrected chi connectivity index (χ0v) is 7.43. The lowest BCUT2D eigenvalue weighted by Crippen LogP contribution is -1.79. The Morgan fingerprint density at radius 2 is 2.00 bits per heavy atom. The molecule has 0 saturated carbocycles. The van der Waals surface area contributed by atoms with Crippen molar-refractivity contribution in [2.45, 2.75) is 5.75 Å². The normalized spacial score (nSPS) is 9.90. The maximum Gasteiger partial charge on any atom is 0.0632 e. The number of hydrogen-bond acceptors (Lipinski definition) is 0. The van der Waals surface area contributed by atoms with Crippen molar-refractivity contribution < 1.29 is 0 Å². The van der Waals surface area contributed by atoms with E-state index in [4.69, 9.17) is 35.8 Å². The Hall–Kier alpha value is 0.150. The number of halogens is 2. The van der Waals surface area contributed by atoms with Gasteiger partial charge in [-0.15, -0.1) is 0 Å². The van der Waals surface area contributed by atoms with Crippen molar-refractivity contribution in [3.63, 3.8) is 0 Å². The van der Waals surface area contributed by atoms with Crippen LogP contribution in [0.4, 0.5) is 0 Å². The molecule has 0 aliphatic carbocycles. The molecular weight excluding hydrogens is 187 g/mol. The van der Waals surface area contributed by atoms with Gasteiger partial charge in [-0.2, -0.15) is 0 Å².